The highest BCUT2D eigenvalue weighted by Gasteiger charge is 2.04. The van der Waals surface area contributed by atoms with Crippen molar-refractivity contribution in [2.45, 2.75) is 13.1 Å². The maximum absolute atomic E-state index is 13.5. The molecule has 4 nitrogen and oxygen atoms in total. The fraction of sp³-hybridized carbons (Fsp3) is 0.250. The number of halogens is 1. The van der Waals surface area contributed by atoms with Crippen molar-refractivity contribution in [2.75, 3.05) is 7.11 Å². The van der Waals surface area contributed by atoms with Crippen LogP contribution in [0.4, 0.5) is 4.39 Å². The zero-order valence-electron chi connectivity index (χ0n) is 9.44. The van der Waals surface area contributed by atoms with Crippen molar-refractivity contribution in [3.63, 3.8) is 0 Å². The number of nitrogens with one attached hydrogen (secondary N) is 1. The van der Waals surface area contributed by atoms with Crippen molar-refractivity contribution in [1.29, 1.82) is 0 Å². The van der Waals surface area contributed by atoms with Crippen LogP contribution in [-0.4, -0.2) is 12.3 Å². The van der Waals surface area contributed by atoms with Gasteiger partial charge in [0.05, 0.1) is 19.9 Å². The normalized spacial score (nSPS) is 10.5. The molecule has 0 fully saturated rings. The van der Waals surface area contributed by atoms with Crippen LogP contribution in [0.3, 0.4) is 0 Å². The fourth-order valence-electron chi connectivity index (χ4n) is 1.45. The van der Waals surface area contributed by atoms with Crippen molar-refractivity contribution in [3.8, 4) is 5.75 Å². The van der Waals surface area contributed by atoms with Gasteiger partial charge in [-0.25, -0.2) is 4.39 Å². The predicted molar refractivity (Wildman–Crippen MR) is 60.0 cm³/mol. The van der Waals surface area contributed by atoms with Gasteiger partial charge in [-0.2, -0.15) is 0 Å². The lowest BCUT2D eigenvalue weighted by atomic mass is 10.2. The quantitative estimate of drug-likeness (QED) is 0.863. The largest absolute Gasteiger partial charge is 0.497 e. The highest BCUT2D eigenvalue weighted by molar-refractivity contribution is 5.28. The summed E-state index contributed by atoms with van der Waals surface area (Å²) in [5.41, 5.74) is 0.588. The van der Waals surface area contributed by atoms with E-state index in [0.717, 1.165) is 5.76 Å². The lowest BCUT2D eigenvalue weighted by Crippen LogP contribution is -2.13. The van der Waals surface area contributed by atoms with E-state index < -0.39 is 0 Å². The summed E-state index contributed by atoms with van der Waals surface area (Å²) in [4.78, 5) is 0. The van der Waals surface area contributed by atoms with Crippen LogP contribution < -0.4 is 10.1 Å². The van der Waals surface area contributed by atoms with Crippen molar-refractivity contribution in [1.82, 2.24) is 10.5 Å². The van der Waals surface area contributed by atoms with Crippen LogP contribution >= 0.6 is 0 Å². The number of hydrogen-bond acceptors (Lipinski definition) is 4. The van der Waals surface area contributed by atoms with E-state index in [1.165, 1.54) is 13.2 Å². The molecule has 0 bridgehead atoms. The van der Waals surface area contributed by atoms with E-state index in [1.54, 1.807) is 24.4 Å². The maximum Gasteiger partial charge on any atom is 0.150 e. The first-order chi connectivity index (χ1) is 8.29. The molecule has 0 saturated carbocycles. The molecule has 0 atom stereocenters. The Balaban J connectivity index is 1.90. The van der Waals surface area contributed by atoms with Gasteiger partial charge >= 0.3 is 0 Å². The second-order valence-corrected chi connectivity index (χ2v) is 3.54. The third-order valence-corrected chi connectivity index (χ3v) is 2.37. The Bertz CT molecular complexity index is 471. The molecule has 5 heteroatoms. The van der Waals surface area contributed by atoms with Crippen LogP contribution in [-0.2, 0) is 13.1 Å². The molecule has 1 heterocycles. The summed E-state index contributed by atoms with van der Waals surface area (Å²) in [5, 5.41) is 6.65. The first kappa shape index (κ1) is 11.6. The topological polar surface area (TPSA) is 47.3 Å². The summed E-state index contributed by atoms with van der Waals surface area (Å²) < 4.78 is 23.4. The van der Waals surface area contributed by atoms with E-state index in [4.69, 9.17) is 9.26 Å². The number of ether oxygens (including phenoxy) is 1. The smallest absolute Gasteiger partial charge is 0.150 e. The van der Waals surface area contributed by atoms with Gasteiger partial charge < -0.3 is 14.6 Å². The molecule has 1 aromatic heterocycles. The lowest BCUT2D eigenvalue weighted by molar-refractivity contribution is 0.372. The second-order valence-electron chi connectivity index (χ2n) is 3.54. The standard InChI is InChI=1S/C12H13FN2O2/c1-16-10-3-2-9(12(13)6-10)7-14-8-11-4-5-15-17-11/h2-6,14H,7-8H2,1H3. The second kappa shape index (κ2) is 5.45. The summed E-state index contributed by atoms with van der Waals surface area (Å²) in [6.45, 7) is 0.946. The average Bonchev–Trinajstić information content (AvgIpc) is 2.84. The van der Waals surface area contributed by atoms with Gasteiger partial charge in [-0.15, -0.1) is 0 Å². The van der Waals surface area contributed by atoms with Crippen molar-refractivity contribution in [3.05, 3.63) is 47.6 Å². The Labute approximate surface area is 98.4 Å². The number of nitrogens with zero attached hydrogens (tertiary/aromatic N) is 1. The van der Waals surface area contributed by atoms with E-state index in [-0.39, 0.29) is 5.82 Å². The summed E-state index contributed by atoms with van der Waals surface area (Å²) >= 11 is 0. The number of hydrogen-bond donors (Lipinski definition) is 1. The minimum Gasteiger partial charge on any atom is -0.497 e. The molecule has 0 spiro atoms. The van der Waals surface area contributed by atoms with E-state index in [2.05, 4.69) is 10.5 Å². The van der Waals surface area contributed by atoms with E-state index >= 15 is 0 Å². The third-order valence-electron chi connectivity index (χ3n) is 2.37. The van der Waals surface area contributed by atoms with E-state index in [9.17, 15) is 4.39 Å². The Kier molecular flexibility index (Phi) is 3.72. The summed E-state index contributed by atoms with van der Waals surface area (Å²) in [5.74, 6) is 0.954. The molecule has 2 aromatic rings. The number of rotatable bonds is 5. The molecule has 0 amide bonds. The Hall–Kier alpha value is -1.88. The molecule has 17 heavy (non-hydrogen) atoms. The Morgan fingerprint density at radius 3 is 2.88 bits per heavy atom. The van der Waals surface area contributed by atoms with Crippen LogP contribution in [0.25, 0.3) is 0 Å². The van der Waals surface area contributed by atoms with Gasteiger partial charge in [-0.05, 0) is 6.07 Å². The SMILES string of the molecule is COc1ccc(CNCc2ccno2)c(F)c1. The van der Waals surface area contributed by atoms with Crippen LogP contribution in [0, 0.1) is 5.82 Å². The molecule has 0 saturated heterocycles. The van der Waals surface area contributed by atoms with Crippen LogP contribution in [0.5, 0.6) is 5.75 Å². The third kappa shape index (κ3) is 3.04. The Morgan fingerprint density at radius 2 is 2.24 bits per heavy atom. The highest BCUT2D eigenvalue weighted by Crippen LogP contribution is 2.16. The maximum atomic E-state index is 13.5. The number of aromatic nitrogens is 1. The minimum absolute atomic E-state index is 0.283. The molecule has 90 valence electrons. The minimum atomic E-state index is -0.283. The van der Waals surface area contributed by atoms with Gasteiger partial charge in [0.2, 0.25) is 0 Å². The van der Waals surface area contributed by atoms with Gasteiger partial charge in [0, 0.05) is 24.2 Å². The van der Waals surface area contributed by atoms with Gasteiger partial charge in [-0.1, -0.05) is 11.2 Å². The summed E-state index contributed by atoms with van der Waals surface area (Å²) in [6, 6.07) is 6.55. The van der Waals surface area contributed by atoms with Gasteiger partial charge in [0.15, 0.2) is 0 Å². The number of benzene rings is 1. The molecular weight excluding hydrogens is 223 g/mol. The van der Waals surface area contributed by atoms with Crippen LogP contribution in [0.1, 0.15) is 11.3 Å². The van der Waals surface area contributed by atoms with E-state index in [0.29, 0.717) is 24.4 Å². The van der Waals surface area contributed by atoms with Gasteiger partial charge in [0.1, 0.15) is 17.3 Å². The summed E-state index contributed by atoms with van der Waals surface area (Å²) in [6.07, 6.45) is 1.57. The molecule has 0 aliphatic rings. The molecule has 0 radical (unpaired) electrons. The molecule has 2 rings (SSSR count). The van der Waals surface area contributed by atoms with Crippen LogP contribution in [0.2, 0.25) is 0 Å². The van der Waals surface area contributed by atoms with E-state index in [1.807, 2.05) is 0 Å². The molecular formula is C12H13FN2O2. The molecule has 0 aliphatic heterocycles. The number of methoxy groups -OCH3 is 1. The fourth-order valence-corrected chi connectivity index (χ4v) is 1.45. The van der Waals surface area contributed by atoms with Crippen molar-refractivity contribution < 1.29 is 13.7 Å². The van der Waals surface area contributed by atoms with Gasteiger partial charge in [-0.3, -0.25) is 0 Å². The zero-order valence-corrected chi connectivity index (χ0v) is 9.44. The average molecular weight is 236 g/mol. The van der Waals surface area contributed by atoms with Crippen molar-refractivity contribution in [2.24, 2.45) is 0 Å². The first-order valence-corrected chi connectivity index (χ1v) is 5.22. The first-order valence-electron chi connectivity index (χ1n) is 5.22. The lowest BCUT2D eigenvalue weighted by Gasteiger charge is -2.06. The molecule has 1 aromatic carbocycles. The molecule has 0 unspecified atom stereocenters. The van der Waals surface area contributed by atoms with Crippen molar-refractivity contribution >= 4 is 0 Å². The Morgan fingerprint density at radius 1 is 1.35 bits per heavy atom. The van der Waals surface area contributed by atoms with Gasteiger partial charge in [0.25, 0.3) is 0 Å². The van der Waals surface area contributed by atoms with Crippen LogP contribution in [0.15, 0.2) is 35.0 Å². The molecule has 1 N–H and O–H groups in total. The predicted octanol–water partition coefficient (Wildman–Crippen LogP) is 2.11. The monoisotopic (exact) mass is 236 g/mol. The summed E-state index contributed by atoms with van der Waals surface area (Å²) in [7, 11) is 1.51. The molecule has 0 aliphatic carbocycles. The zero-order chi connectivity index (χ0) is 12.1. The highest BCUT2D eigenvalue weighted by atomic mass is 19.1.